The van der Waals surface area contributed by atoms with Gasteiger partial charge in [-0.15, -0.1) is 0 Å². The average molecular weight is 399 g/mol. The van der Waals surface area contributed by atoms with Gasteiger partial charge in [0.15, 0.2) is 0 Å². The molecule has 0 saturated carbocycles. The van der Waals surface area contributed by atoms with Gasteiger partial charge in [0, 0.05) is 29.1 Å². The summed E-state index contributed by atoms with van der Waals surface area (Å²) in [6.07, 6.45) is 0.525. The van der Waals surface area contributed by atoms with Crippen LogP contribution in [0, 0.1) is 10.1 Å². The maximum atomic E-state index is 10.7. The van der Waals surface area contributed by atoms with Crippen LogP contribution < -0.4 is 9.47 Å². The molecular formula is C20H15ClN2O5. The van der Waals surface area contributed by atoms with Crippen molar-refractivity contribution in [2.45, 2.75) is 18.6 Å². The highest BCUT2D eigenvalue weighted by Crippen LogP contribution is 2.42. The van der Waals surface area contributed by atoms with Gasteiger partial charge in [0.25, 0.3) is 5.69 Å². The summed E-state index contributed by atoms with van der Waals surface area (Å²) < 4.78 is 11.7. The van der Waals surface area contributed by atoms with Crippen LogP contribution in [-0.4, -0.2) is 15.0 Å². The maximum Gasteiger partial charge on any atom is 0.287 e. The van der Waals surface area contributed by atoms with Crippen molar-refractivity contribution in [1.82, 2.24) is 4.98 Å². The van der Waals surface area contributed by atoms with Gasteiger partial charge in [0.1, 0.15) is 23.8 Å². The highest BCUT2D eigenvalue weighted by atomic mass is 35.5. The Morgan fingerprint density at radius 3 is 2.64 bits per heavy atom. The largest absolute Gasteiger partial charge is 0.485 e. The molecule has 3 aromatic rings. The summed E-state index contributed by atoms with van der Waals surface area (Å²) in [6, 6.07) is 15.2. The number of nitro groups is 1. The van der Waals surface area contributed by atoms with Crippen LogP contribution in [0.5, 0.6) is 17.4 Å². The van der Waals surface area contributed by atoms with Crippen molar-refractivity contribution in [3.63, 3.8) is 0 Å². The number of hydrogen-bond acceptors (Lipinski definition) is 6. The molecule has 0 spiro atoms. The fourth-order valence-corrected chi connectivity index (χ4v) is 3.16. The van der Waals surface area contributed by atoms with Gasteiger partial charge >= 0.3 is 0 Å². The third-order valence-electron chi connectivity index (χ3n) is 4.44. The fourth-order valence-electron chi connectivity index (χ4n) is 3.03. The lowest BCUT2D eigenvalue weighted by Crippen LogP contribution is -2.19. The van der Waals surface area contributed by atoms with E-state index in [2.05, 4.69) is 4.98 Å². The van der Waals surface area contributed by atoms with Crippen LogP contribution in [0.3, 0.4) is 0 Å². The molecule has 2 heterocycles. The molecule has 0 aliphatic carbocycles. The van der Waals surface area contributed by atoms with Crippen molar-refractivity contribution < 1.29 is 19.5 Å². The number of ether oxygens (including phenoxy) is 2. The summed E-state index contributed by atoms with van der Waals surface area (Å²) in [5.41, 5.74) is 1.43. The van der Waals surface area contributed by atoms with Crippen LogP contribution in [0.25, 0.3) is 0 Å². The molecule has 28 heavy (non-hydrogen) atoms. The molecule has 8 heteroatoms. The summed E-state index contributed by atoms with van der Waals surface area (Å²) in [5.74, 6) is 1.24. The minimum Gasteiger partial charge on any atom is -0.485 e. The highest BCUT2D eigenvalue weighted by molar-refractivity contribution is 6.30. The Hall–Kier alpha value is -3.16. The molecule has 0 amide bonds. The van der Waals surface area contributed by atoms with Gasteiger partial charge in [0.05, 0.1) is 11.0 Å². The normalized spacial score (nSPS) is 18.1. The Labute approximate surface area is 165 Å². The maximum absolute atomic E-state index is 10.7. The first-order valence-electron chi connectivity index (χ1n) is 8.52. The molecule has 142 valence electrons. The van der Waals surface area contributed by atoms with Crippen molar-refractivity contribution in [2.24, 2.45) is 0 Å². The van der Waals surface area contributed by atoms with Crippen molar-refractivity contribution in [3.8, 4) is 17.4 Å². The van der Waals surface area contributed by atoms with Crippen LogP contribution >= 0.6 is 11.6 Å². The number of pyridine rings is 1. The van der Waals surface area contributed by atoms with Gasteiger partial charge in [-0.05, 0) is 35.9 Å². The predicted octanol–water partition coefficient (Wildman–Crippen LogP) is 4.99. The quantitative estimate of drug-likeness (QED) is 0.491. The Bertz CT molecular complexity index is 1010. The average Bonchev–Trinajstić information content (AvgIpc) is 2.69. The minimum absolute atomic E-state index is 0.116. The molecule has 4 rings (SSSR count). The van der Waals surface area contributed by atoms with Crippen molar-refractivity contribution in [2.75, 3.05) is 0 Å². The molecule has 0 radical (unpaired) electrons. The molecule has 0 saturated heterocycles. The third-order valence-corrected chi connectivity index (χ3v) is 4.69. The monoisotopic (exact) mass is 398 g/mol. The topological polar surface area (TPSA) is 94.7 Å². The van der Waals surface area contributed by atoms with Crippen LogP contribution in [0.1, 0.15) is 29.8 Å². The minimum atomic E-state index is -0.724. The van der Waals surface area contributed by atoms with Crippen LogP contribution in [0.2, 0.25) is 5.02 Å². The molecule has 7 nitrogen and oxygen atoms in total. The van der Waals surface area contributed by atoms with Gasteiger partial charge in [-0.1, -0.05) is 23.7 Å². The van der Waals surface area contributed by atoms with Crippen molar-refractivity contribution in [3.05, 3.63) is 87.1 Å². The van der Waals surface area contributed by atoms with Crippen molar-refractivity contribution in [1.29, 1.82) is 0 Å². The Morgan fingerprint density at radius 1 is 1.18 bits per heavy atom. The van der Waals surface area contributed by atoms with E-state index in [1.807, 2.05) is 12.1 Å². The SMILES string of the molecule is O=[N+]([O-])c1ccc(Oc2ccc3c(c2)C(O)CC(c2ccc(Cl)cc2)O3)nc1. The van der Waals surface area contributed by atoms with Gasteiger partial charge in [-0.25, -0.2) is 4.98 Å². The Balaban J connectivity index is 1.53. The molecule has 1 aliphatic heterocycles. The molecule has 0 bridgehead atoms. The lowest BCUT2D eigenvalue weighted by atomic mass is 9.95. The van der Waals surface area contributed by atoms with Gasteiger partial charge in [-0.2, -0.15) is 0 Å². The second kappa shape index (κ2) is 7.46. The molecule has 2 aromatic carbocycles. The van der Waals surface area contributed by atoms with Crippen LogP contribution in [0.15, 0.2) is 60.8 Å². The van der Waals surface area contributed by atoms with E-state index >= 15 is 0 Å². The van der Waals surface area contributed by atoms with E-state index in [-0.39, 0.29) is 17.7 Å². The number of hydrogen-bond donors (Lipinski definition) is 1. The van der Waals surface area contributed by atoms with E-state index in [1.54, 1.807) is 30.3 Å². The number of halogens is 1. The molecule has 2 atom stereocenters. The van der Waals surface area contributed by atoms with E-state index in [4.69, 9.17) is 21.1 Å². The van der Waals surface area contributed by atoms with Crippen molar-refractivity contribution >= 4 is 17.3 Å². The molecule has 0 fully saturated rings. The van der Waals surface area contributed by atoms with E-state index in [0.717, 1.165) is 11.8 Å². The summed E-state index contributed by atoms with van der Waals surface area (Å²) in [7, 11) is 0. The number of aromatic nitrogens is 1. The smallest absolute Gasteiger partial charge is 0.287 e. The standard InChI is InChI=1S/C20H15ClN2O5/c21-13-3-1-12(2-4-13)19-10-17(24)16-9-15(6-7-18(16)28-19)27-20-8-5-14(11-22-20)23(25)26/h1-9,11,17,19,24H,10H2. The molecule has 1 aromatic heterocycles. The summed E-state index contributed by atoms with van der Waals surface area (Å²) >= 11 is 5.93. The number of benzene rings is 2. The van der Waals surface area contributed by atoms with E-state index in [1.165, 1.54) is 12.1 Å². The number of aliphatic hydroxyl groups excluding tert-OH is 1. The number of fused-ring (bicyclic) bond motifs is 1. The zero-order chi connectivity index (χ0) is 19.7. The first-order valence-corrected chi connectivity index (χ1v) is 8.90. The summed E-state index contributed by atoms with van der Waals surface area (Å²) in [4.78, 5) is 14.1. The Kier molecular flexibility index (Phi) is 4.85. The first kappa shape index (κ1) is 18.2. The highest BCUT2D eigenvalue weighted by Gasteiger charge is 2.28. The van der Waals surface area contributed by atoms with Crippen LogP contribution in [0.4, 0.5) is 5.69 Å². The second-order valence-corrected chi connectivity index (χ2v) is 6.76. The predicted molar refractivity (Wildman–Crippen MR) is 102 cm³/mol. The van der Waals surface area contributed by atoms with E-state index in [9.17, 15) is 15.2 Å². The zero-order valence-corrected chi connectivity index (χ0v) is 15.2. The number of nitrogens with zero attached hydrogens (tertiary/aromatic N) is 2. The molecule has 1 N–H and O–H groups in total. The number of rotatable bonds is 4. The summed E-state index contributed by atoms with van der Waals surface area (Å²) in [6.45, 7) is 0. The van der Waals surface area contributed by atoms with E-state index in [0.29, 0.717) is 28.5 Å². The molecule has 1 aliphatic rings. The van der Waals surface area contributed by atoms with Gasteiger partial charge in [-0.3, -0.25) is 10.1 Å². The first-order chi connectivity index (χ1) is 13.5. The zero-order valence-electron chi connectivity index (χ0n) is 14.5. The molecular weight excluding hydrogens is 384 g/mol. The second-order valence-electron chi connectivity index (χ2n) is 6.32. The molecule has 2 unspecified atom stereocenters. The van der Waals surface area contributed by atoms with Gasteiger partial charge in [0.2, 0.25) is 5.88 Å². The lowest BCUT2D eigenvalue weighted by molar-refractivity contribution is -0.385. The Morgan fingerprint density at radius 2 is 1.96 bits per heavy atom. The fraction of sp³-hybridized carbons (Fsp3) is 0.150. The van der Waals surface area contributed by atoms with E-state index < -0.39 is 11.0 Å². The third kappa shape index (κ3) is 3.76. The van der Waals surface area contributed by atoms with Crippen LogP contribution in [-0.2, 0) is 0 Å². The number of aliphatic hydroxyl groups is 1. The summed E-state index contributed by atoms with van der Waals surface area (Å²) in [5, 5.41) is 21.9. The van der Waals surface area contributed by atoms with Gasteiger partial charge < -0.3 is 14.6 Å². The lowest BCUT2D eigenvalue weighted by Gasteiger charge is -2.30.